The highest BCUT2D eigenvalue weighted by Crippen LogP contribution is 2.19. The highest BCUT2D eigenvalue weighted by Gasteiger charge is 2.25. The number of nitrogens with zero attached hydrogens (tertiary/aromatic N) is 6. The highest BCUT2D eigenvalue weighted by molar-refractivity contribution is 7.15. The lowest BCUT2D eigenvalue weighted by molar-refractivity contribution is 0.0628. The van der Waals surface area contributed by atoms with Gasteiger partial charge in [-0.05, 0) is 6.07 Å². The standard InChI is InChI=1S/C20H17FN6O2S/c21-13-9-15(18-16(10-13)22-1-2-23-18)19(29)26-5-3-25(4-6-26)12-14-11-17(28)27-7-8-30-20(27)24-14/h1-2,7-11H,3-6,12H2. The molecule has 1 fully saturated rings. The van der Waals surface area contributed by atoms with Gasteiger partial charge in [0.05, 0.1) is 16.8 Å². The largest absolute Gasteiger partial charge is 0.336 e. The van der Waals surface area contributed by atoms with E-state index < -0.39 is 5.82 Å². The second kappa shape index (κ2) is 7.54. The number of hydrogen-bond donors (Lipinski definition) is 0. The Balaban J connectivity index is 1.30. The molecule has 0 bridgehead atoms. The van der Waals surface area contributed by atoms with Crippen LogP contribution in [0.2, 0.25) is 0 Å². The summed E-state index contributed by atoms with van der Waals surface area (Å²) in [6.45, 7) is 2.81. The average Bonchev–Trinajstić information content (AvgIpc) is 3.22. The van der Waals surface area contributed by atoms with Crippen molar-refractivity contribution in [3.8, 4) is 0 Å². The van der Waals surface area contributed by atoms with Gasteiger partial charge >= 0.3 is 0 Å². The fourth-order valence-corrected chi connectivity index (χ4v) is 4.42. The molecule has 1 amide bonds. The predicted octanol–water partition coefficient (Wildman–Crippen LogP) is 1.80. The predicted molar refractivity (Wildman–Crippen MR) is 110 cm³/mol. The Hall–Kier alpha value is -3.24. The molecule has 0 saturated carbocycles. The molecule has 0 spiro atoms. The second-order valence-corrected chi connectivity index (χ2v) is 7.96. The van der Waals surface area contributed by atoms with Crippen LogP contribution in [0.3, 0.4) is 0 Å². The van der Waals surface area contributed by atoms with Gasteiger partial charge in [0.15, 0.2) is 4.96 Å². The molecule has 0 unspecified atom stereocenters. The van der Waals surface area contributed by atoms with E-state index >= 15 is 0 Å². The third-order valence-electron chi connectivity index (χ3n) is 5.17. The van der Waals surface area contributed by atoms with Crippen molar-refractivity contribution in [3.63, 3.8) is 0 Å². The number of thiazole rings is 1. The van der Waals surface area contributed by atoms with Crippen LogP contribution in [0.5, 0.6) is 0 Å². The molecule has 0 N–H and O–H groups in total. The summed E-state index contributed by atoms with van der Waals surface area (Å²) in [5, 5.41) is 1.83. The van der Waals surface area contributed by atoms with E-state index in [9.17, 15) is 14.0 Å². The monoisotopic (exact) mass is 424 g/mol. The molecular weight excluding hydrogens is 407 g/mol. The van der Waals surface area contributed by atoms with Crippen LogP contribution in [0.1, 0.15) is 16.1 Å². The molecule has 30 heavy (non-hydrogen) atoms. The topological polar surface area (TPSA) is 83.7 Å². The summed E-state index contributed by atoms with van der Waals surface area (Å²) in [4.78, 5) is 42.5. The van der Waals surface area contributed by atoms with Crippen molar-refractivity contribution in [2.75, 3.05) is 26.2 Å². The number of carbonyl (C=O) groups is 1. The quantitative estimate of drug-likeness (QED) is 0.499. The molecule has 8 nitrogen and oxygen atoms in total. The summed E-state index contributed by atoms with van der Waals surface area (Å²) in [6.07, 6.45) is 4.68. The van der Waals surface area contributed by atoms with Gasteiger partial charge in [0.1, 0.15) is 11.3 Å². The molecule has 152 valence electrons. The lowest BCUT2D eigenvalue weighted by Gasteiger charge is -2.34. The molecular formula is C20H17FN6O2S. The van der Waals surface area contributed by atoms with Gasteiger partial charge in [-0.2, -0.15) is 0 Å². The summed E-state index contributed by atoms with van der Waals surface area (Å²) in [7, 11) is 0. The average molecular weight is 424 g/mol. The van der Waals surface area contributed by atoms with Gasteiger partial charge in [-0.3, -0.25) is 28.9 Å². The minimum absolute atomic E-state index is 0.0934. The SMILES string of the molecule is O=C(c1cc(F)cc2nccnc12)N1CCN(Cc2cc(=O)n3ccsc3n2)CC1. The fraction of sp³-hybridized carbons (Fsp3) is 0.250. The van der Waals surface area contributed by atoms with Crippen LogP contribution in [0.4, 0.5) is 4.39 Å². The van der Waals surface area contributed by atoms with Crippen LogP contribution in [-0.2, 0) is 6.54 Å². The van der Waals surface area contributed by atoms with Gasteiger partial charge in [0.25, 0.3) is 11.5 Å². The van der Waals surface area contributed by atoms with Crippen molar-refractivity contribution in [2.24, 2.45) is 0 Å². The third-order valence-corrected chi connectivity index (χ3v) is 5.93. The Kier molecular flexibility index (Phi) is 4.72. The van der Waals surface area contributed by atoms with Crippen LogP contribution in [0.25, 0.3) is 16.0 Å². The molecule has 1 aliphatic rings. The number of benzene rings is 1. The smallest absolute Gasteiger partial charge is 0.258 e. The number of aromatic nitrogens is 4. The molecule has 1 saturated heterocycles. The Morgan fingerprint density at radius 3 is 2.73 bits per heavy atom. The summed E-state index contributed by atoms with van der Waals surface area (Å²) in [5.41, 5.74) is 1.61. The zero-order valence-corrected chi connectivity index (χ0v) is 16.7. The van der Waals surface area contributed by atoms with E-state index in [1.807, 2.05) is 5.38 Å². The van der Waals surface area contributed by atoms with Gasteiger partial charge < -0.3 is 4.90 Å². The first-order valence-corrected chi connectivity index (χ1v) is 10.3. The van der Waals surface area contributed by atoms with Gasteiger partial charge in [0, 0.05) is 68.8 Å². The zero-order valence-electron chi connectivity index (χ0n) is 15.9. The number of halogens is 1. The minimum Gasteiger partial charge on any atom is -0.336 e. The van der Waals surface area contributed by atoms with Crippen LogP contribution in [0.15, 0.2) is 47.0 Å². The number of carbonyl (C=O) groups excluding carboxylic acids is 1. The van der Waals surface area contributed by atoms with Gasteiger partial charge in [0.2, 0.25) is 0 Å². The number of piperazine rings is 1. The fourth-order valence-electron chi connectivity index (χ4n) is 3.68. The van der Waals surface area contributed by atoms with E-state index in [0.29, 0.717) is 54.4 Å². The van der Waals surface area contributed by atoms with Crippen molar-refractivity contribution < 1.29 is 9.18 Å². The van der Waals surface area contributed by atoms with Crippen LogP contribution >= 0.6 is 11.3 Å². The van der Waals surface area contributed by atoms with E-state index in [-0.39, 0.29) is 17.0 Å². The number of amides is 1. The Morgan fingerprint density at radius 1 is 1.10 bits per heavy atom. The molecule has 5 rings (SSSR count). The number of hydrogen-bond acceptors (Lipinski definition) is 7. The highest BCUT2D eigenvalue weighted by atomic mass is 32.1. The van der Waals surface area contributed by atoms with Crippen molar-refractivity contribution in [1.82, 2.24) is 29.2 Å². The lowest BCUT2D eigenvalue weighted by Crippen LogP contribution is -2.48. The molecule has 0 atom stereocenters. The second-order valence-electron chi connectivity index (χ2n) is 7.09. The van der Waals surface area contributed by atoms with E-state index in [1.54, 1.807) is 17.2 Å². The molecule has 1 aromatic carbocycles. The normalized spacial score (nSPS) is 15.2. The molecule has 0 radical (unpaired) electrons. The molecule has 0 aliphatic carbocycles. The maximum atomic E-state index is 14.0. The van der Waals surface area contributed by atoms with Crippen LogP contribution in [0, 0.1) is 5.82 Å². The van der Waals surface area contributed by atoms with E-state index in [2.05, 4.69) is 19.9 Å². The van der Waals surface area contributed by atoms with Crippen LogP contribution < -0.4 is 5.56 Å². The summed E-state index contributed by atoms with van der Waals surface area (Å²) >= 11 is 1.42. The zero-order chi connectivity index (χ0) is 20.7. The first-order valence-electron chi connectivity index (χ1n) is 9.46. The molecule has 10 heteroatoms. The Labute approximate surface area is 174 Å². The Bertz CT molecular complexity index is 1310. The van der Waals surface area contributed by atoms with Crippen molar-refractivity contribution >= 4 is 33.2 Å². The van der Waals surface area contributed by atoms with E-state index in [1.165, 1.54) is 40.3 Å². The molecule has 1 aliphatic heterocycles. The van der Waals surface area contributed by atoms with Crippen molar-refractivity contribution in [2.45, 2.75) is 6.54 Å². The number of rotatable bonds is 3. The summed E-state index contributed by atoms with van der Waals surface area (Å²) < 4.78 is 15.5. The minimum atomic E-state index is -0.508. The third kappa shape index (κ3) is 3.44. The molecule has 4 heterocycles. The van der Waals surface area contributed by atoms with E-state index in [0.717, 1.165) is 0 Å². The van der Waals surface area contributed by atoms with Crippen molar-refractivity contribution in [1.29, 1.82) is 0 Å². The summed E-state index contributed by atoms with van der Waals surface area (Å²) in [5.74, 6) is -0.762. The maximum Gasteiger partial charge on any atom is 0.258 e. The van der Waals surface area contributed by atoms with Gasteiger partial charge in [-0.15, -0.1) is 11.3 Å². The Morgan fingerprint density at radius 2 is 1.90 bits per heavy atom. The van der Waals surface area contributed by atoms with Crippen molar-refractivity contribution in [3.05, 3.63) is 69.6 Å². The van der Waals surface area contributed by atoms with Gasteiger partial charge in [-0.1, -0.05) is 0 Å². The van der Waals surface area contributed by atoms with Crippen LogP contribution in [-0.4, -0.2) is 61.2 Å². The summed E-state index contributed by atoms with van der Waals surface area (Å²) in [6, 6.07) is 4.05. The van der Waals surface area contributed by atoms with E-state index in [4.69, 9.17) is 0 Å². The maximum absolute atomic E-state index is 14.0. The first-order chi connectivity index (χ1) is 14.6. The lowest BCUT2D eigenvalue weighted by atomic mass is 10.1. The molecule has 4 aromatic rings. The first kappa shape index (κ1) is 18.8. The number of fused-ring (bicyclic) bond motifs is 2. The molecule has 3 aromatic heterocycles. The van der Waals surface area contributed by atoms with Gasteiger partial charge in [-0.25, -0.2) is 9.37 Å².